The van der Waals surface area contributed by atoms with Gasteiger partial charge >= 0.3 is 6.09 Å². The highest BCUT2D eigenvalue weighted by molar-refractivity contribution is 5.68. The average Bonchev–Trinajstić information content (AvgIpc) is 2.93. The molecule has 0 saturated carbocycles. The monoisotopic (exact) mass is 322 g/mol. The maximum atomic E-state index is 12.2. The van der Waals surface area contributed by atoms with E-state index in [4.69, 9.17) is 4.74 Å². The molecule has 1 amide bonds. The highest BCUT2D eigenvalue weighted by Crippen LogP contribution is 2.19. The minimum atomic E-state index is -0.430. The molecule has 23 heavy (non-hydrogen) atoms. The van der Waals surface area contributed by atoms with Crippen LogP contribution in [0, 0.1) is 5.92 Å². The lowest BCUT2D eigenvalue weighted by Gasteiger charge is -2.34. The van der Waals surface area contributed by atoms with Crippen molar-refractivity contribution in [2.45, 2.75) is 59.2 Å². The fourth-order valence-corrected chi connectivity index (χ4v) is 2.91. The first kappa shape index (κ1) is 17.8. The third kappa shape index (κ3) is 5.53. The molecule has 0 aromatic carbocycles. The van der Waals surface area contributed by atoms with Crippen molar-refractivity contribution in [3.05, 3.63) is 18.2 Å². The number of nitrogens with one attached hydrogen (secondary N) is 1. The topological polar surface area (TPSA) is 59.4 Å². The number of nitrogens with zero attached hydrogens (tertiary/aromatic N) is 3. The molecule has 1 atom stereocenters. The van der Waals surface area contributed by atoms with E-state index >= 15 is 0 Å². The first-order valence-electron chi connectivity index (χ1n) is 8.56. The summed E-state index contributed by atoms with van der Waals surface area (Å²) in [5.74, 6) is 0.481. The molecule has 1 aliphatic heterocycles. The summed E-state index contributed by atoms with van der Waals surface area (Å²) in [5, 5.41) is 3.50. The first-order chi connectivity index (χ1) is 10.9. The van der Waals surface area contributed by atoms with Gasteiger partial charge in [0.2, 0.25) is 0 Å². The summed E-state index contributed by atoms with van der Waals surface area (Å²) in [5.41, 5.74) is 0.771. The molecule has 1 aromatic heterocycles. The van der Waals surface area contributed by atoms with Crippen molar-refractivity contribution in [2.24, 2.45) is 5.92 Å². The minimum absolute atomic E-state index is 0.189. The molecule has 0 bridgehead atoms. The third-order valence-electron chi connectivity index (χ3n) is 4.05. The molecular weight excluding hydrogens is 292 g/mol. The molecule has 0 spiro atoms. The Morgan fingerprint density at radius 2 is 2.26 bits per heavy atom. The molecular formula is C17H30N4O2. The summed E-state index contributed by atoms with van der Waals surface area (Å²) in [6, 6.07) is 0. The maximum Gasteiger partial charge on any atom is 0.410 e. The molecule has 1 N–H and O–H groups in total. The smallest absolute Gasteiger partial charge is 0.410 e. The van der Waals surface area contributed by atoms with Crippen LogP contribution in [0.4, 0.5) is 4.79 Å². The number of aromatic nitrogens is 2. The molecule has 6 nitrogen and oxygen atoms in total. The molecule has 130 valence electrons. The number of hydrogen-bond acceptors (Lipinski definition) is 4. The van der Waals surface area contributed by atoms with Crippen LogP contribution < -0.4 is 5.32 Å². The van der Waals surface area contributed by atoms with Gasteiger partial charge in [-0.2, -0.15) is 0 Å². The van der Waals surface area contributed by atoms with E-state index in [1.54, 1.807) is 0 Å². The van der Waals surface area contributed by atoms with E-state index in [2.05, 4.69) is 21.8 Å². The highest BCUT2D eigenvalue weighted by atomic mass is 16.6. The van der Waals surface area contributed by atoms with Crippen LogP contribution in [0.15, 0.2) is 12.5 Å². The van der Waals surface area contributed by atoms with Crippen LogP contribution in [-0.2, 0) is 17.8 Å². The molecule has 1 fully saturated rings. The van der Waals surface area contributed by atoms with Gasteiger partial charge in [-0.1, -0.05) is 0 Å². The highest BCUT2D eigenvalue weighted by Gasteiger charge is 2.27. The summed E-state index contributed by atoms with van der Waals surface area (Å²) >= 11 is 0. The van der Waals surface area contributed by atoms with Gasteiger partial charge in [0.15, 0.2) is 0 Å². The predicted molar refractivity (Wildman–Crippen MR) is 90.1 cm³/mol. The van der Waals surface area contributed by atoms with Gasteiger partial charge in [0, 0.05) is 38.9 Å². The zero-order chi connectivity index (χ0) is 16.9. The van der Waals surface area contributed by atoms with Gasteiger partial charge in [-0.25, -0.2) is 9.78 Å². The van der Waals surface area contributed by atoms with E-state index in [0.29, 0.717) is 5.92 Å². The largest absolute Gasteiger partial charge is 0.444 e. The molecule has 2 heterocycles. The lowest BCUT2D eigenvalue weighted by Crippen LogP contribution is -2.45. The molecule has 0 aliphatic carbocycles. The van der Waals surface area contributed by atoms with Gasteiger partial charge in [-0.15, -0.1) is 0 Å². The van der Waals surface area contributed by atoms with Gasteiger partial charge in [-0.3, -0.25) is 0 Å². The second kappa shape index (κ2) is 7.81. The number of piperidine rings is 1. The fraction of sp³-hybridized carbons (Fsp3) is 0.765. The quantitative estimate of drug-likeness (QED) is 0.905. The number of ether oxygens (including phenoxy) is 1. The molecule has 1 aromatic rings. The Morgan fingerprint density at radius 3 is 2.96 bits per heavy atom. The number of likely N-dealkylation sites (tertiary alicyclic amines) is 1. The van der Waals surface area contributed by atoms with E-state index in [1.807, 2.05) is 38.2 Å². The van der Waals surface area contributed by atoms with Gasteiger partial charge in [-0.05, 0) is 46.5 Å². The molecule has 6 heteroatoms. The van der Waals surface area contributed by atoms with Crippen molar-refractivity contribution < 1.29 is 9.53 Å². The van der Waals surface area contributed by atoms with E-state index in [1.165, 1.54) is 5.69 Å². The molecule has 1 aliphatic rings. The second-order valence-electron chi connectivity index (χ2n) is 7.24. The van der Waals surface area contributed by atoms with Gasteiger partial charge in [0.05, 0.1) is 12.0 Å². The van der Waals surface area contributed by atoms with Crippen LogP contribution in [0.3, 0.4) is 0 Å². The van der Waals surface area contributed by atoms with Crippen molar-refractivity contribution in [3.8, 4) is 0 Å². The number of carbonyl (C=O) groups is 1. The number of imidazole rings is 1. The van der Waals surface area contributed by atoms with Crippen molar-refractivity contribution >= 4 is 6.09 Å². The zero-order valence-corrected chi connectivity index (χ0v) is 14.8. The van der Waals surface area contributed by atoms with Crippen molar-refractivity contribution in [3.63, 3.8) is 0 Å². The van der Waals surface area contributed by atoms with Gasteiger partial charge in [0.1, 0.15) is 5.60 Å². The molecule has 1 unspecified atom stereocenters. The summed E-state index contributed by atoms with van der Waals surface area (Å²) in [7, 11) is 0. The van der Waals surface area contributed by atoms with Crippen LogP contribution >= 0.6 is 0 Å². The standard InChI is InChI=1S/C17H30N4O2/c1-5-20-13-19-11-15(20)10-18-9-14-7-6-8-21(12-14)16(22)23-17(2,3)4/h11,13-14,18H,5-10,12H2,1-4H3. The van der Waals surface area contributed by atoms with Crippen LogP contribution in [0.1, 0.15) is 46.2 Å². The summed E-state index contributed by atoms with van der Waals surface area (Å²) < 4.78 is 7.61. The van der Waals surface area contributed by atoms with Crippen molar-refractivity contribution in [1.29, 1.82) is 0 Å². The fourth-order valence-electron chi connectivity index (χ4n) is 2.91. The Labute approximate surface area is 139 Å². The van der Waals surface area contributed by atoms with Crippen LogP contribution in [0.25, 0.3) is 0 Å². The number of amides is 1. The Balaban J connectivity index is 1.77. The van der Waals surface area contributed by atoms with E-state index in [9.17, 15) is 4.79 Å². The average molecular weight is 322 g/mol. The lowest BCUT2D eigenvalue weighted by atomic mass is 9.98. The minimum Gasteiger partial charge on any atom is -0.444 e. The first-order valence-corrected chi connectivity index (χ1v) is 8.56. The van der Waals surface area contributed by atoms with Gasteiger partial charge in [0.25, 0.3) is 0 Å². The lowest BCUT2D eigenvalue weighted by molar-refractivity contribution is 0.0166. The summed E-state index contributed by atoms with van der Waals surface area (Å²) in [6.45, 7) is 12.1. The predicted octanol–water partition coefficient (Wildman–Crippen LogP) is 2.64. The van der Waals surface area contributed by atoms with E-state index < -0.39 is 5.60 Å². The number of rotatable bonds is 5. The third-order valence-corrected chi connectivity index (χ3v) is 4.05. The molecule has 1 saturated heterocycles. The zero-order valence-electron chi connectivity index (χ0n) is 14.8. The number of aryl methyl sites for hydroxylation is 1. The Kier molecular flexibility index (Phi) is 6.04. The van der Waals surface area contributed by atoms with E-state index in [0.717, 1.165) is 45.6 Å². The number of hydrogen-bond donors (Lipinski definition) is 1. The normalized spacial score (nSPS) is 19.0. The Morgan fingerprint density at radius 1 is 1.48 bits per heavy atom. The maximum absolute atomic E-state index is 12.2. The van der Waals surface area contributed by atoms with Crippen LogP contribution in [-0.4, -0.2) is 45.8 Å². The summed E-state index contributed by atoms with van der Waals surface area (Å²) in [4.78, 5) is 18.2. The van der Waals surface area contributed by atoms with Crippen molar-refractivity contribution in [2.75, 3.05) is 19.6 Å². The van der Waals surface area contributed by atoms with E-state index in [-0.39, 0.29) is 6.09 Å². The van der Waals surface area contributed by atoms with Crippen LogP contribution in [0.2, 0.25) is 0 Å². The van der Waals surface area contributed by atoms with Gasteiger partial charge < -0.3 is 19.5 Å². The molecule has 0 radical (unpaired) electrons. The SMILES string of the molecule is CCn1cncc1CNCC1CCCN(C(=O)OC(C)(C)C)C1. The molecule has 2 rings (SSSR count). The Bertz CT molecular complexity index is 507. The second-order valence-corrected chi connectivity index (χ2v) is 7.24. The Hall–Kier alpha value is -1.56. The van der Waals surface area contributed by atoms with Crippen LogP contribution in [0.5, 0.6) is 0 Å². The number of carbonyl (C=O) groups excluding carboxylic acids is 1. The summed E-state index contributed by atoms with van der Waals surface area (Å²) in [6.07, 6.45) is 5.77. The van der Waals surface area contributed by atoms with Crippen molar-refractivity contribution in [1.82, 2.24) is 19.8 Å².